The Balaban J connectivity index is 1.37. The third-order valence-corrected chi connectivity index (χ3v) is 4.96. The summed E-state index contributed by atoms with van der Waals surface area (Å²) in [6.45, 7) is 3.96. The van der Waals surface area contributed by atoms with Crippen molar-refractivity contribution in [1.82, 2.24) is 20.0 Å². The predicted octanol–water partition coefficient (Wildman–Crippen LogP) is 2.40. The summed E-state index contributed by atoms with van der Waals surface area (Å²) in [5, 5.41) is 8.17. The first-order chi connectivity index (χ1) is 11.2. The molecule has 1 aromatic carbocycles. The number of rotatable bonds is 4. The van der Waals surface area contributed by atoms with Crippen molar-refractivity contribution in [3.05, 3.63) is 53.6 Å². The molecule has 2 atom stereocenters. The molecule has 2 aliphatic heterocycles. The Morgan fingerprint density at radius 1 is 1.04 bits per heavy atom. The molecule has 2 unspecified atom stereocenters. The molecule has 0 saturated carbocycles. The molecule has 2 aliphatic rings. The van der Waals surface area contributed by atoms with Crippen LogP contribution in [0, 0.1) is 5.82 Å². The number of fused-ring (bicyclic) bond motifs is 2. The number of hydrogen-bond donors (Lipinski definition) is 1. The first-order valence-electron chi connectivity index (χ1n) is 8.49. The number of nitrogens with zero attached hydrogens (tertiary/aromatic N) is 3. The molecular weight excluding hydrogens is 291 g/mol. The van der Waals surface area contributed by atoms with Gasteiger partial charge in [0.2, 0.25) is 0 Å². The minimum absolute atomic E-state index is 0.195. The van der Waals surface area contributed by atoms with Crippen LogP contribution in [0.5, 0.6) is 0 Å². The molecule has 1 aromatic heterocycles. The number of aromatic nitrogens is 2. The van der Waals surface area contributed by atoms with Crippen LogP contribution in [0.4, 0.5) is 4.39 Å². The van der Waals surface area contributed by atoms with E-state index in [9.17, 15) is 4.39 Å². The van der Waals surface area contributed by atoms with Crippen molar-refractivity contribution in [2.45, 2.75) is 44.4 Å². The van der Waals surface area contributed by atoms with Crippen molar-refractivity contribution in [2.24, 2.45) is 0 Å². The van der Waals surface area contributed by atoms with Gasteiger partial charge < -0.3 is 5.32 Å². The summed E-state index contributed by atoms with van der Waals surface area (Å²) >= 11 is 0. The van der Waals surface area contributed by atoms with Gasteiger partial charge in [-0.05, 0) is 37.0 Å². The summed E-state index contributed by atoms with van der Waals surface area (Å²) in [7, 11) is 0. The highest BCUT2D eigenvalue weighted by molar-refractivity contribution is 5.17. The zero-order chi connectivity index (χ0) is 15.6. The number of likely N-dealkylation sites (tertiary alicyclic amines) is 1. The van der Waals surface area contributed by atoms with Crippen molar-refractivity contribution in [2.75, 3.05) is 13.1 Å². The van der Waals surface area contributed by atoms with E-state index in [1.807, 2.05) is 23.0 Å². The predicted molar refractivity (Wildman–Crippen MR) is 87.6 cm³/mol. The SMILES string of the molecule is Fc1ccc(Cn2cc(CN3CCC4CCC(C3)N4)cn2)cc1. The van der Waals surface area contributed by atoms with Gasteiger partial charge in [0.25, 0.3) is 0 Å². The minimum atomic E-state index is -0.195. The molecule has 0 spiro atoms. The van der Waals surface area contributed by atoms with Crippen molar-refractivity contribution < 1.29 is 4.39 Å². The molecule has 2 aromatic rings. The third kappa shape index (κ3) is 3.62. The van der Waals surface area contributed by atoms with Crippen LogP contribution in [0.15, 0.2) is 36.7 Å². The third-order valence-electron chi connectivity index (χ3n) is 4.96. The second-order valence-electron chi connectivity index (χ2n) is 6.83. The first-order valence-corrected chi connectivity index (χ1v) is 8.49. The van der Waals surface area contributed by atoms with E-state index in [0.717, 1.165) is 31.2 Å². The lowest BCUT2D eigenvalue weighted by Gasteiger charge is -2.23. The second-order valence-corrected chi connectivity index (χ2v) is 6.83. The topological polar surface area (TPSA) is 33.1 Å². The molecule has 2 bridgehead atoms. The fourth-order valence-electron chi connectivity index (χ4n) is 3.77. The first kappa shape index (κ1) is 14.8. The summed E-state index contributed by atoms with van der Waals surface area (Å²) in [5.74, 6) is -0.195. The van der Waals surface area contributed by atoms with Crippen molar-refractivity contribution in [3.63, 3.8) is 0 Å². The summed E-state index contributed by atoms with van der Waals surface area (Å²) in [5.41, 5.74) is 2.32. The van der Waals surface area contributed by atoms with Gasteiger partial charge >= 0.3 is 0 Å². The van der Waals surface area contributed by atoms with Crippen molar-refractivity contribution >= 4 is 0 Å². The molecule has 0 amide bonds. The lowest BCUT2D eigenvalue weighted by molar-refractivity contribution is 0.251. The molecule has 2 fully saturated rings. The van der Waals surface area contributed by atoms with Crippen LogP contribution in [-0.2, 0) is 13.1 Å². The van der Waals surface area contributed by atoms with Gasteiger partial charge in [-0.3, -0.25) is 9.58 Å². The van der Waals surface area contributed by atoms with Gasteiger partial charge in [-0.1, -0.05) is 12.1 Å². The normalized spacial score (nSPS) is 24.7. The average Bonchev–Trinajstić information content (AvgIpc) is 3.10. The van der Waals surface area contributed by atoms with Crippen LogP contribution in [-0.4, -0.2) is 39.9 Å². The smallest absolute Gasteiger partial charge is 0.123 e. The van der Waals surface area contributed by atoms with Crippen LogP contribution < -0.4 is 5.32 Å². The molecule has 0 radical (unpaired) electrons. The molecule has 2 saturated heterocycles. The van der Waals surface area contributed by atoms with Crippen LogP contribution in [0.3, 0.4) is 0 Å². The van der Waals surface area contributed by atoms with E-state index in [1.165, 1.54) is 37.0 Å². The Morgan fingerprint density at radius 2 is 1.87 bits per heavy atom. The van der Waals surface area contributed by atoms with Crippen LogP contribution in [0.25, 0.3) is 0 Å². The van der Waals surface area contributed by atoms with Gasteiger partial charge in [-0.15, -0.1) is 0 Å². The van der Waals surface area contributed by atoms with Gasteiger partial charge in [0, 0.05) is 43.5 Å². The van der Waals surface area contributed by atoms with Gasteiger partial charge in [-0.25, -0.2) is 4.39 Å². The summed E-state index contributed by atoms with van der Waals surface area (Å²) in [4.78, 5) is 2.54. The maximum atomic E-state index is 13.0. The molecule has 122 valence electrons. The van der Waals surface area contributed by atoms with E-state index >= 15 is 0 Å². The molecular formula is C18H23FN4. The Kier molecular flexibility index (Phi) is 4.14. The Hall–Kier alpha value is -1.72. The van der Waals surface area contributed by atoms with Crippen molar-refractivity contribution in [1.29, 1.82) is 0 Å². The monoisotopic (exact) mass is 314 g/mol. The fourth-order valence-corrected chi connectivity index (χ4v) is 3.77. The summed E-state index contributed by atoms with van der Waals surface area (Å²) in [6.07, 6.45) is 7.97. The molecule has 3 heterocycles. The summed E-state index contributed by atoms with van der Waals surface area (Å²) in [6, 6.07) is 8.02. The van der Waals surface area contributed by atoms with E-state index < -0.39 is 0 Å². The van der Waals surface area contributed by atoms with Gasteiger partial charge in [0.15, 0.2) is 0 Å². The minimum Gasteiger partial charge on any atom is -0.310 e. The number of benzene rings is 1. The number of nitrogens with one attached hydrogen (secondary N) is 1. The molecule has 4 rings (SSSR count). The van der Waals surface area contributed by atoms with E-state index in [0.29, 0.717) is 12.6 Å². The largest absolute Gasteiger partial charge is 0.310 e. The van der Waals surface area contributed by atoms with Gasteiger partial charge in [0.05, 0.1) is 12.7 Å². The van der Waals surface area contributed by atoms with Crippen molar-refractivity contribution in [3.8, 4) is 0 Å². The highest BCUT2D eigenvalue weighted by atomic mass is 19.1. The van der Waals surface area contributed by atoms with E-state index in [2.05, 4.69) is 21.5 Å². The van der Waals surface area contributed by atoms with Crippen LogP contribution in [0.1, 0.15) is 30.4 Å². The average molecular weight is 314 g/mol. The second kappa shape index (κ2) is 6.42. The zero-order valence-corrected chi connectivity index (χ0v) is 13.3. The quantitative estimate of drug-likeness (QED) is 0.941. The van der Waals surface area contributed by atoms with E-state index in [-0.39, 0.29) is 5.82 Å². The standard InChI is InChI=1S/C18H23FN4/c19-16-3-1-14(2-4-16)11-23-12-15(9-20-23)10-22-8-7-17-5-6-18(13-22)21-17/h1-4,9,12,17-18,21H,5-8,10-11,13H2. The summed E-state index contributed by atoms with van der Waals surface area (Å²) < 4.78 is 14.9. The van der Waals surface area contributed by atoms with Crippen LogP contribution >= 0.6 is 0 Å². The number of hydrogen-bond acceptors (Lipinski definition) is 3. The lowest BCUT2D eigenvalue weighted by atomic mass is 10.1. The maximum Gasteiger partial charge on any atom is 0.123 e. The van der Waals surface area contributed by atoms with Gasteiger partial charge in [0.1, 0.15) is 5.82 Å². The molecule has 0 aliphatic carbocycles. The van der Waals surface area contributed by atoms with E-state index in [4.69, 9.17) is 0 Å². The van der Waals surface area contributed by atoms with Gasteiger partial charge in [-0.2, -0.15) is 5.10 Å². The maximum absolute atomic E-state index is 13.0. The highest BCUT2D eigenvalue weighted by Crippen LogP contribution is 2.21. The molecule has 23 heavy (non-hydrogen) atoms. The molecule has 1 N–H and O–H groups in total. The fraction of sp³-hybridized carbons (Fsp3) is 0.500. The van der Waals surface area contributed by atoms with Crippen LogP contribution in [0.2, 0.25) is 0 Å². The Bertz CT molecular complexity index is 651. The zero-order valence-electron chi connectivity index (χ0n) is 13.3. The highest BCUT2D eigenvalue weighted by Gasteiger charge is 2.29. The number of halogens is 1. The molecule has 4 nitrogen and oxygen atoms in total. The molecule has 5 heteroatoms. The Morgan fingerprint density at radius 3 is 2.74 bits per heavy atom. The lowest BCUT2D eigenvalue weighted by Crippen LogP contribution is -2.34. The Labute approximate surface area is 136 Å². The van der Waals surface area contributed by atoms with E-state index in [1.54, 1.807) is 0 Å².